The van der Waals surface area contributed by atoms with E-state index in [0.29, 0.717) is 0 Å². The van der Waals surface area contributed by atoms with Crippen molar-refractivity contribution in [3.05, 3.63) is 0 Å². The maximum atomic E-state index is 5.79. The Morgan fingerprint density at radius 1 is 0.733 bits per heavy atom. The second kappa shape index (κ2) is 12.2. The Balaban J connectivity index is 3.49. The predicted octanol–water partition coefficient (Wildman–Crippen LogP) is 3.64. The SMILES string of the molecule is CCCCCC[SiH](OCCC)OCCC. The lowest BCUT2D eigenvalue weighted by Gasteiger charge is -2.15. The van der Waals surface area contributed by atoms with Crippen molar-refractivity contribution in [3.8, 4) is 0 Å². The molecular weight excluding hydrogens is 204 g/mol. The zero-order chi connectivity index (χ0) is 11.4. The first-order chi connectivity index (χ1) is 7.35. The van der Waals surface area contributed by atoms with Crippen LogP contribution >= 0.6 is 0 Å². The number of unbranched alkanes of at least 4 members (excludes halogenated alkanes) is 3. The lowest BCUT2D eigenvalue weighted by atomic mass is 10.2. The van der Waals surface area contributed by atoms with Crippen LogP contribution in [0.15, 0.2) is 0 Å². The number of hydrogen-bond acceptors (Lipinski definition) is 2. The normalized spacial score (nSPS) is 11.2. The third kappa shape index (κ3) is 10.4. The van der Waals surface area contributed by atoms with E-state index in [2.05, 4.69) is 20.8 Å². The molecule has 0 saturated heterocycles. The molecule has 0 bridgehead atoms. The van der Waals surface area contributed by atoms with E-state index < -0.39 is 9.28 Å². The van der Waals surface area contributed by atoms with Gasteiger partial charge in [0, 0.05) is 13.2 Å². The van der Waals surface area contributed by atoms with Crippen molar-refractivity contribution in [2.24, 2.45) is 0 Å². The molecule has 15 heavy (non-hydrogen) atoms. The summed E-state index contributed by atoms with van der Waals surface area (Å²) in [7, 11) is -1.31. The first-order valence-corrected chi connectivity index (χ1v) is 8.34. The summed E-state index contributed by atoms with van der Waals surface area (Å²) < 4.78 is 11.6. The average Bonchev–Trinajstić information content (AvgIpc) is 2.27. The van der Waals surface area contributed by atoms with Crippen LogP contribution in [-0.4, -0.2) is 22.5 Å². The number of rotatable bonds is 11. The summed E-state index contributed by atoms with van der Waals surface area (Å²) in [6.45, 7) is 8.32. The van der Waals surface area contributed by atoms with Crippen LogP contribution in [0.25, 0.3) is 0 Å². The summed E-state index contributed by atoms with van der Waals surface area (Å²) in [4.78, 5) is 0. The van der Waals surface area contributed by atoms with Crippen molar-refractivity contribution < 1.29 is 8.85 Å². The Kier molecular flexibility index (Phi) is 12.3. The van der Waals surface area contributed by atoms with Crippen molar-refractivity contribution in [3.63, 3.8) is 0 Å². The summed E-state index contributed by atoms with van der Waals surface area (Å²) in [5.74, 6) is 0. The zero-order valence-corrected chi connectivity index (χ0v) is 11.9. The molecule has 0 aromatic heterocycles. The summed E-state index contributed by atoms with van der Waals surface area (Å²) in [5.41, 5.74) is 0. The highest BCUT2D eigenvalue weighted by molar-refractivity contribution is 6.44. The van der Waals surface area contributed by atoms with Crippen molar-refractivity contribution in [2.45, 2.75) is 65.3 Å². The van der Waals surface area contributed by atoms with Gasteiger partial charge in [0.15, 0.2) is 0 Å². The van der Waals surface area contributed by atoms with Crippen molar-refractivity contribution in [2.75, 3.05) is 13.2 Å². The predicted molar refractivity (Wildman–Crippen MR) is 68.6 cm³/mol. The van der Waals surface area contributed by atoms with Crippen LogP contribution in [0.4, 0.5) is 0 Å². The minimum Gasteiger partial charge on any atom is -0.397 e. The van der Waals surface area contributed by atoms with Crippen LogP contribution in [0.2, 0.25) is 6.04 Å². The highest BCUT2D eigenvalue weighted by atomic mass is 28.3. The molecule has 2 nitrogen and oxygen atoms in total. The standard InChI is InChI=1S/C12H28O2Si/c1-4-7-8-9-12-15(13-10-5-2)14-11-6-3/h15H,4-12H2,1-3H3. The van der Waals surface area contributed by atoms with Crippen LogP contribution in [0, 0.1) is 0 Å². The molecule has 0 aromatic carbocycles. The van der Waals surface area contributed by atoms with E-state index in [0.717, 1.165) is 26.1 Å². The van der Waals surface area contributed by atoms with Crippen LogP contribution in [0.1, 0.15) is 59.3 Å². The fraction of sp³-hybridized carbons (Fsp3) is 1.00. The largest absolute Gasteiger partial charge is 0.397 e. The Bertz CT molecular complexity index is 112. The van der Waals surface area contributed by atoms with Gasteiger partial charge in [-0.15, -0.1) is 0 Å². The van der Waals surface area contributed by atoms with Gasteiger partial charge in [0.2, 0.25) is 0 Å². The van der Waals surface area contributed by atoms with Gasteiger partial charge in [0.25, 0.3) is 0 Å². The summed E-state index contributed by atoms with van der Waals surface area (Å²) in [6, 6.07) is 1.19. The number of hydrogen-bond donors (Lipinski definition) is 0. The summed E-state index contributed by atoms with van der Waals surface area (Å²) >= 11 is 0. The molecule has 0 heterocycles. The minimum atomic E-state index is -1.31. The molecule has 0 rings (SSSR count). The van der Waals surface area contributed by atoms with E-state index >= 15 is 0 Å². The van der Waals surface area contributed by atoms with Gasteiger partial charge in [0.05, 0.1) is 0 Å². The van der Waals surface area contributed by atoms with Gasteiger partial charge in [-0.25, -0.2) is 0 Å². The van der Waals surface area contributed by atoms with E-state index in [4.69, 9.17) is 8.85 Å². The lowest BCUT2D eigenvalue weighted by Crippen LogP contribution is -2.23. The Morgan fingerprint density at radius 2 is 1.33 bits per heavy atom. The van der Waals surface area contributed by atoms with Gasteiger partial charge < -0.3 is 8.85 Å². The summed E-state index contributed by atoms with van der Waals surface area (Å²) in [6.07, 6.45) is 7.49. The first-order valence-electron chi connectivity index (χ1n) is 6.58. The Morgan fingerprint density at radius 3 is 1.80 bits per heavy atom. The van der Waals surface area contributed by atoms with Gasteiger partial charge in [-0.1, -0.05) is 46.5 Å². The smallest absolute Gasteiger partial charge is 0.321 e. The Hall–Kier alpha value is 0.137. The van der Waals surface area contributed by atoms with Gasteiger partial charge in [-0.2, -0.15) is 0 Å². The summed E-state index contributed by atoms with van der Waals surface area (Å²) in [5, 5.41) is 0. The molecule has 0 N–H and O–H groups in total. The Labute approximate surface area is 97.2 Å². The highest BCUT2D eigenvalue weighted by Gasteiger charge is 2.11. The second-order valence-corrected chi connectivity index (χ2v) is 6.12. The molecule has 0 saturated carbocycles. The van der Waals surface area contributed by atoms with Gasteiger partial charge in [-0.05, 0) is 18.9 Å². The lowest BCUT2D eigenvalue weighted by molar-refractivity contribution is 0.195. The molecule has 3 heteroatoms. The molecule has 0 radical (unpaired) electrons. The highest BCUT2D eigenvalue weighted by Crippen LogP contribution is 2.08. The van der Waals surface area contributed by atoms with Gasteiger partial charge in [-0.3, -0.25) is 0 Å². The maximum Gasteiger partial charge on any atom is 0.321 e. The third-order valence-electron chi connectivity index (χ3n) is 2.31. The zero-order valence-electron chi connectivity index (χ0n) is 10.8. The molecule has 92 valence electrons. The van der Waals surface area contributed by atoms with E-state index in [1.165, 1.54) is 31.7 Å². The van der Waals surface area contributed by atoms with Crippen LogP contribution < -0.4 is 0 Å². The molecule has 0 aliphatic heterocycles. The second-order valence-electron chi connectivity index (χ2n) is 4.02. The van der Waals surface area contributed by atoms with Gasteiger partial charge >= 0.3 is 9.28 Å². The quantitative estimate of drug-likeness (QED) is 0.400. The molecule has 0 atom stereocenters. The molecule has 0 aliphatic rings. The molecule has 0 fully saturated rings. The average molecular weight is 232 g/mol. The van der Waals surface area contributed by atoms with Crippen molar-refractivity contribution >= 4 is 9.28 Å². The van der Waals surface area contributed by atoms with Crippen LogP contribution in [0.3, 0.4) is 0 Å². The molecule has 0 amide bonds. The molecule has 0 spiro atoms. The van der Waals surface area contributed by atoms with E-state index in [1.54, 1.807) is 0 Å². The van der Waals surface area contributed by atoms with Crippen molar-refractivity contribution in [1.82, 2.24) is 0 Å². The van der Waals surface area contributed by atoms with E-state index in [1.807, 2.05) is 0 Å². The fourth-order valence-electron chi connectivity index (χ4n) is 1.45. The topological polar surface area (TPSA) is 18.5 Å². The first kappa shape index (κ1) is 15.1. The monoisotopic (exact) mass is 232 g/mol. The van der Waals surface area contributed by atoms with Crippen LogP contribution in [-0.2, 0) is 8.85 Å². The fourth-order valence-corrected chi connectivity index (χ4v) is 3.50. The van der Waals surface area contributed by atoms with E-state index in [9.17, 15) is 0 Å². The maximum absolute atomic E-state index is 5.79. The minimum absolute atomic E-state index is 0.883. The molecular formula is C12H28O2Si. The van der Waals surface area contributed by atoms with E-state index in [-0.39, 0.29) is 0 Å². The van der Waals surface area contributed by atoms with Crippen LogP contribution in [0.5, 0.6) is 0 Å². The molecule has 0 aromatic rings. The molecule has 0 unspecified atom stereocenters. The third-order valence-corrected chi connectivity index (χ3v) is 4.40. The molecule has 0 aliphatic carbocycles. The van der Waals surface area contributed by atoms with Crippen molar-refractivity contribution in [1.29, 1.82) is 0 Å². The van der Waals surface area contributed by atoms with Gasteiger partial charge in [0.1, 0.15) is 0 Å².